The lowest BCUT2D eigenvalue weighted by molar-refractivity contribution is 0.319. The molecule has 0 unspecified atom stereocenters. The average molecular weight is 291 g/mol. The van der Waals surface area contributed by atoms with Crippen molar-refractivity contribution in [2.24, 2.45) is 0 Å². The molecule has 0 aliphatic heterocycles. The highest BCUT2D eigenvalue weighted by Gasteiger charge is 2.00. The molecule has 5 nitrogen and oxygen atoms in total. The van der Waals surface area contributed by atoms with Gasteiger partial charge in [-0.05, 0) is 25.5 Å². The van der Waals surface area contributed by atoms with Gasteiger partial charge in [0.1, 0.15) is 5.75 Å². The van der Waals surface area contributed by atoms with Gasteiger partial charge in [-0.2, -0.15) is 0 Å². The third-order valence-corrected chi connectivity index (χ3v) is 3.46. The summed E-state index contributed by atoms with van der Waals surface area (Å²) in [4.78, 5) is 18.2. The maximum Gasteiger partial charge on any atom is 0.251 e. The minimum absolute atomic E-state index is 0.115. The number of H-pyrrole nitrogens is 1. The van der Waals surface area contributed by atoms with Crippen molar-refractivity contribution in [1.82, 2.24) is 9.97 Å². The van der Waals surface area contributed by atoms with Crippen LogP contribution in [-0.2, 0) is 0 Å². The van der Waals surface area contributed by atoms with E-state index in [-0.39, 0.29) is 5.56 Å². The number of aromatic amines is 1. The lowest BCUT2D eigenvalue weighted by atomic mass is 10.3. The van der Waals surface area contributed by atoms with Gasteiger partial charge in [-0.3, -0.25) is 4.79 Å². The van der Waals surface area contributed by atoms with Gasteiger partial charge in [-0.15, -0.1) is 0 Å². The van der Waals surface area contributed by atoms with Crippen molar-refractivity contribution in [3.8, 4) is 5.75 Å². The summed E-state index contributed by atoms with van der Waals surface area (Å²) in [6, 6.07) is 8.84. The molecular formula is C14H17N3O2S. The Labute approximate surface area is 121 Å². The zero-order valence-corrected chi connectivity index (χ0v) is 12.1. The standard InChI is InChI=1S/C14H17N3O2S/c1-10-8-13(18)17-14(16-10)20-7-3-6-19-12-5-2-4-11(15)9-12/h2,4-5,8-9H,3,6-7,15H2,1H3,(H,16,17,18). The fourth-order valence-corrected chi connectivity index (χ4v) is 2.48. The van der Waals surface area contributed by atoms with Gasteiger partial charge < -0.3 is 15.5 Å². The fourth-order valence-electron chi connectivity index (χ4n) is 1.64. The molecule has 0 atom stereocenters. The predicted molar refractivity (Wildman–Crippen MR) is 81.3 cm³/mol. The minimum atomic E-state index is -0.115. The van der Waals surface area contributed by atoms with Crippen molar-refractivity contribution in [2.75, 3.05) is 18.1 Å². The molecule has 1 aromatic heterocycles. The SMILES string of the molecule is Cc1cc(=O)[nH]c(SCCCOc2cccc(N)c2)n1. The summed E-state index contributed by atoms with van der Waals surface area (Å²) in [7, 11) is 0. The van der Waals surface area contributed by atoms with Crippen LogP contribution < -0.4 is 16.0 Å². The first-order valence-corrected chi connectivity index (χ1v) is 7.31. The van der Waals surface area contributed by atoms with Crippen molar-refractivity contribution < 1.29 is 4.74 Å². The monoisotopic (exact) mass is 291 g/mol. The van der Waals surface area contributed by atoms with Crippen LogP contribution in [0.5, 0.6) is 5.75 Å². The summed E-state index contributed by atoms with van der Waals surface area (Å²) >= 11 is 1.52. The van der Waals surface area contributed by atoms with Crippen LogP contribution in [0.15, 0.2) is 40.3 Å². The summed E-state index contributed by atoms with van der Waals surface area (Å²) < 4.78 is 5.59. The van der Waals surface area contributed by atoms with Gasteiger partial charge in [0.2, 0.25) is 0 Å². The molecule has 1 aromatic carbocycles. The van der Waals surface area contributed by atoms with Crippen LogP contribution >= 0.6 is 11.8 Å². The van der Waals surface area contributed by atoms with E-state index >= 15 is 0 Å². The molecule has 2 aromatic rings. The highest BCUT2D eigenvalue weighted by atomic mass is 32.2. The molecule has 0 amide bonds. The summed E-state index contributed by atoms with van der Waals surface area (Å²) in [6.45, 7) is 2.41. The van der Waals surface area contributed by atoms with E-state index in [0.717, 1.165) is 23.6 Å². The Morgan fingerprint density at radius 3 is 3.00 bits per heavy atom. The number of benzene rings is 1. The number of thioether (sulfide) groups is 1. The number of ether oxygens (including phenoxy) is 1. The van der Waals surface area contributed by atoms with Gasteiger partial charge in [0.15, 0.2) is 5.16 Å². The van der Waals surface area contributed by atoms with E-state index in [0.29, 0.717) is 17.5 Å². The molecule has 0 spiro atoms. The molecule has 0 bridgehead atoms. The Bertz CT molecular complexity index is 628. The highest BCUT2D eigenvalue weighted by Crippen LogP contribution is 2.16. The molecular weight excluding hydrogens is 274 g/mol. The van der Waals surface area contributed by atoms with Crippen molar-refractivity contribution in [2.45, 2.75) is 18.5 Å². The molecule has 106 valence electrons. The number of nitrogen functional groups attached to an aromatic ring is 1. The van der Waals surface area contributed by atoms with Crippen molar-refractivity contribution in [1.29, 1.82) is 0 Å². The molecule has 0 saturated heterocycles. The number of rotatable bonds is 6. The Balaban J connectivity index is 1.73. The van der Waals surface area contributed by atoms with Crippen LogP contribution in [0.3, 0.4) is 0 Å². The maximum absolute atomic E-state index is 11.3. The summed E-state index contributed by atoms with van der Waals surface area (Å²) in [5.74, 6) is 1.60. The van der Waals surface area contributed by atoms with E-state index in [9.17, 15) is 4.79 Å². The Morgan fingerprint density at radius 1 is 1.40 bits per heavy atom. The zero-order chi connectivity index (χ0) is 14.4. The van der Waals surface area contributed by atoms with E-state index in [1.54, 1.807) is 6.07 Å². The molecule has 0 saturated carbocycles. The lowest BCUT2D eigenvalue weighted by Crippen LogP contribution is -2.08. The van der Waals surface area contributed by atoms with Crippen molar-refractivity contribution >= 4 is 17.4 Å². The summed E-state index contributed by atoms with van der Waals surface area (Å²) in [5, 5.41) is 0.652. The van der Waals surface area contributed by atoms with Gasteiger partial charge in [-0.25, -0.2) is 4.98 Å². The molecule has 20 heavy (non-hydrogen) atoms. The molecule has 0 aliphatic carbocycles. The third kappa shape index (κ3) is 4.62. The number of hydrogen-bond donors (Lipinski definition) is 2. The summed E-state index contributed by atoms with van der Waals surface area (Å²) in [5.41, 5.74) is 6.97. The van der Waals surface area contributed by atoms with Crippen molar-refractivity contribution in [3.63, 3.8) is 0 Å². The van der Waals surface area contributed by atoms with Crippen molar-refractivity contribution in [3.05, 3.63) is 46.4 Å². The Hall–Kier alpha value is -1.95. The number of nitrogens with two attached hydrogens (primary N) is 1. The fraction of sp³-hybridized carbons (Fsp3) is 0.286. The smallest absolute Gasteiger partial charge is 0.251 e. The predicted octanol–water partition coefficient (Wildman–Crippen LogP) is 2.22. The second-order valence-electron chi connectivity index (χ2n) is 4.31. The molecule has 1 heterocycles. The number of aromatic nitrogens is 2. The first-order valence-electron chi connectivity index (χ1n) is 6.32. The van der Waals surface area contributed by atoms with Crippen LogP contribution in [0, 0.1) is 6.92 Å². The molecule has 0 fully saturated rings. The summed E-state index contributed by atoms with van der Waals surface area (Å²) in [6.07, 6.45) is 0.858. The van der Waals surface area contributed by atoms with Crippen LogP contribution in [0.2, 0.25) is 0 Å². The molecule has 0 aliphatic rings. The minimum Gasteiger partial charge on any atom is -0.493 e. The van der Waals surface area contributed by atoms with Gasteiger partial charge >= 0.3 is 0 Å². The topological polar surface area (TPSA) is 81.0 Å². The average Bonchev–Trinajstić information content (AvgIpc) is 2.37. The third-order valence-electron chi connectivity index (χ3n) is 2.50. The van der Waals surface area contributed by atoms with Gasteiger partial charge in [0.25, 0.3) is 5.56 Å². The van der Waals surface area contributed by atoms with Gasteiger partial charge in [-0.1, -0.05) is 17.8 Å². The zero-order valence-electron chi connectivity index (χ0n) is 11.3. The molecule has 3 N–H and O–H groups in total. The first-order chi connectivity index (χ1) is 9.63. The Morgan fingerprint density at radius 2 is 2.25 bits per heavy atom. The van der Waals surface area contributed by atoms with Crippen LogP contribution in [0.25, 0.3) is 0 Å². The molecule has 6 heteroatoms. The number of nitrogens with one attached hydrogen (secondary N) is 1. The largest absolute Gasteiger partial charge is 0.493 e. The second kappa shape index (κ2) is 7.00. The van der Waals surface area contributed by atoms with E-state index in [4.69, 9.17) is 10.5 Å². The normalized spacial score (nSPS) is 10.4. The Kier molecular flexibility index (Phi) is 5.06. The number of nitrogens with zero attached hydrogens (tertiary/aromatic N) is 1. The van der Waals surface area contributed by atoms with Gasteiger partial charge in [0.05, 0.1) is 6.61 Å². The van der Waals surface area contributed by atoms with Crippen LogP contribution in [0.1, 0.15) is 12.1 Å². The number of hydrogen-bond acceptors (Lipinski definition) is 5. The van der Waals surface area contributed by atoms with E-state index in [2.05, 4.69) is 9.97 Å². The van der Waals surface area contributed by atoms with Crippen LogP contribution in [-0.4, -0.2) is 22.3 Å². The second-order valence-corrected chi connectivity index (χ2v) is 5.40. The maximum atomic E-state index is 11.3. The number of anilines is 1. The number of aryl methyl sites for hydroxylation is 1. The molecule has 0 radical (unpaired) electrons. The van der Waals surface area contributed by atoms with Crippen LogP contribution in [0.4, 0.5) is 5.69 Å². The highest BCUT2D eigenvalue weighted by molar-refractivity contribution is 7.99. The van der Waals surface area contributed by atoms with Gasteiger partial charge in [0, 0.05) is 29.3 Å². The van der Waals surface area contributed by atoms with E-state index < -0.39 is 0 Å². The quantitative estimate of drug-likeness (QED) is 0.369. The lowest BCUT2D eigenvalue weighted by Gasteiger charge is -2.06. The first kappa shape index (κ1) is 14.5. The molecule has 2 rings (SSSR count). The van der Waals surface area contributed by atoms with E-state index in [1.807, 2.05) is 25.1 Å². The van der Waals surface area contributed by atoms with E-state index in [1.165, 1.54) is 17.8 Å².